The Morgan fingerprint density at radius 1 is 1.15 bits per heavy atom. The second-order valence-corrected chi connectivity index (χ2v) is 7.89. The summed E-state index contributed by atoms with van der Waals surface area (Å²) in [7, 11) is 2.07. The van der Waals surface area contributed by atoms with E-state index < -0.39 is 0 Å². The van der Waals surface area contributed by atoms with Crippen LogP contribution in [0, 0.1) is 5.92 Å². The molecule has 26 heavy (non-hydrogen) atoms. The average Bonchev–Trinajstić information content (AvgIpc) is 3.03. The molecular weight excluding hydrogens is 324 g/mol. The number of aromatic nitrogens is 2. The minimum absolute atomic E-state index is 0.256. The van der Waals surface area contributed by atoms with Gasteiger partial charge in [0.2, 0.25) is 5.91 Å². The van der Waals surface area contributed by atoms with Crippen molar-refractivity contribution in [2.75, 3.05) is 32.7 Å². The zero-order valence-corrected chi connectivity index (χ0v) is 15.9. The minimum atomic E-state index is 0.256. The number of likely N-dealkylation sites (tertiary alicyclic amines) is 2. The van der Waals surface area contributed by atoms with Crippen molar-refractivity contribution in [3.05, 3.63) is 30.1 Å². The van der Waals surface area contributed by atoms with E-state index in [1.807, 2.05) is 12.3 Å². The Hall–Kier alpha value is -1.88. The maximum atomic E-state index is 12.7. The fourth-order valence-electron chi connectivity index (χ4n) is 4.55. The number of nitrogens with zero attached hydrogens (tertiary/aromatic N) is 4. The maximum Gasteiger partial charge on any atom is 0.225 e. The first-order chi connectivity index (χ1) is 12.7. The van der Waals surface area contributed by atoms with Crippen molar-refractivity contribution in [3.63, 3.8) is 0 Å². The maximum absolute atomic E-state index is 12.7. The molecule has 0 aromatic carbocycles. The van der Waals surface area contributed by atoms with Crippen molar-refractivity contribution in [1.29, 1.82) is 0 Å². The van der Waals surface area contributed by atoms with Crippen LogP contribution in [0.5, 0.6) is 0 Å². The molecule has 0 spiro atoms. The molecule has 0 atom stereocenters. The summed E-state index contributed by atoms with van der Waals surface area (Å²) in [6.07, 6.45) is 10.8. The molecule has 1 amide bonds. The quantitative estimate of drug-likeness (QED) is 0.848. The molecule has 2 fully saturated rings. The molecule has 0 aliphatic carbocycles. The highest BCUT2D eigenvalue weighted by atomic mass is 16.2. The summed E-state index contributed by atoms with van der Waals surface area (Å²) >= 11 is 0. The molecule has 2 aromatic heterocycles. The van der Waals surface area contributed by atoms with Crippen LogP contribution >= 0.6 is 0 Å². The molecule has 0 unspecified atom stereocenters. The van der Waals surface area contributed by atoms with E-state index in [0.717, 1.165) is 57.6 Å². The highest BCUT2D eigenvalue weighted by molar-refractivity contribution is 5.80. The Morgan fingerprint density at radius 2 is 1.92 bits per heavy atom. The van der Waals surface area contributed by atoms with Crippen LogP contribution in [0.15, 0.2) is 24.5 Å². The molecule has 2 saturated heterocycles. The largest absolute Gasteiger partial charge is 0.342 e. The van der Waals surface area contributed by atoms with Crippen LogP contribution in [0.4, 0.5) is 0 Å². The predicted molar refractivity (Wildman–Crippen MR) is 104 cm³/mol. The van der Waals surface area contributed by atoms with Crippen LogP contribution < -0.4 is 0 Å². The lowest BCUT2D eigenvalue weighted by Gasteiger charge is -2.35. The summed E-state index contributed by atoms with van der Waals surface area (Å²) in [5.74, 6) is 0.676. The van der Waals surface area contributed by atoms with Gasteiger partial charge >= 0.3 is 0 Å². The monoisotopic (exact) mass is 354 g/mol. The second-order valence-electron chi connectivity index (χ2n) is 7.89. The summed E-state index contributed by atoms with van der Waals surface area (Å²) in [5.41, 5.74) is 2.44. The molecule has 2 aliphatic heterocycles. The van der Waals surface area contributed by atoms with E-state index in [1.54, 1.807) is 0 Å². The van der Waals surface area contributed by atoms with Crippen LogP contribution in [0.2, 0.25) is 0 Å². The fraction of sp³-hybridized carbons (Fsp3) is 0.619. The molecule has 0 radical (unpaired) electrons. The number of piperidine rings is 2. The van der Waals surface area contributed by atoms with Crippen LogP contribution in [0.3, 0.4) is 0 Å². The molecule has 5 heteroatoms. The first-order valence-corrected chi connectivity index (χ1v) is 10.1. The molecule has 0 saturated carbocycles. The minimum Gasteiger partial charge on any atom is -0.342 e. The highest BCUT2D eigenvalue weighted by Crippen LogP contribution is 2.23. The van der Waals surface area contributed by atoms with Crippen LogP contribution in [-0.4, -0.2) is 58.0 Å². The van der Waals surface area contributed by atoms with E-state index in [-0.39, 0.29) is 5.92 Å². The van der Waals surface area contributed by atoms with Gasteiger partial charge in [0.1, 0.15) is 5.65 Å². The Labute approximate surface area is 156 Å². The highest BCUT2D eigenvalue weighted by Gasteiger charge is 2.29. The molecule has 2 aliphatic rings. The Bertz CT molecular complexity index is 754. The Balaban J connectivity index is 1.29. The summed E-state index contributed by atoms with van der Waals surface area (Å²) in [4.78, 5) is 21.8. The number of hydrogen-bond donors (Lipinski definition) is 0. The number of pyridine rings is 1. The van der Waals surface area contributed by atoms with Crippen LogP contribution in [0.1, 0.15) is 37.7 Å². The SMILES string of the molecule is Cn1cc(CCN2CCC(C(=O)N3CCCCC3)CC2)c2cccnc21. The summed E-state index contributed by atoms with van der Waals surface area (Å²) in [6.45, 7) is 5.13. The number of carbonyl (C=O) groups excluding carboxylic acids is 1. The Morgan fingerprint density at radius 3 is 2.69 bits per heavy atom. The van der Waals surface area contributed by atoms with Crippen LogP contribution in [-0.2, 0) is 18.3 Å². The lowest BCUT2D eigenvalue weighted by molar-refractivity contribution is -0.138. The van der Waals surface area contributed by atoms with Gasteiger partial charge in [-0.1, -0.05) is 0 Å². The number of carbonyl (C=O) groups is 1. The van der Waals surface area contributed by atoms with E-state index >= 15 is 0 Å². The van der Waals surface area contributed by atoms with Crippen LogP contribution in [0.25, 0.3) is 11.0 Å². The van der Waals surface area contributed by atoms with E-state index in [4.69, 9.17) is 0 Å². The molecule has 5 nitrogen and oxygen atoms in total. The Kier molecular flexibility index (Phi) is 5.25. The van der Waals surface area contributed by atoms with Gasteiger partial charge in [-0.2, -0.15) is 0 Å². The first-order valence-electron chi connectivity index (χ1n) is 10.1. The van der Waals surface area contributed by atoms with Gasteiger partial charge in [-0.05, 0) is 69.3 Å². The smallest absolute Gasteiger partial charge is 0.225 e. The molecular formula is C21H30N4O. The fourth-order valence-corrected chi connectivity index (χ4v) is 4.55. The standard InChI is InChI=1S/C21H30N4O/c1-23-16-18(19-6-5-10-22-20(19)23)9-15-24-13-7-17(8-14-24)21(26)25-11-3-2-4-12-25/h5-6,10,16-17H,2-4,7-9,11-15H2,1H3. The molecule has 4 heterocycles. The molecule has 2 aromatic rings. The number of fused-ring (bicyclic) bond motifs is 1. The van der Waals surface area contributed by atoms with Gasteiger partial charge < -0.3 is 14.4 Å². The van der Waals surface area contributed by atoms with Gasteiger partial charge in [0.05, 0.1) is 0 Å². The van der Waals surface area contributed by atoms with E-state index in [0.29, 0.717) is 5.91 Å². The predicted octanol–water partition coefficient (Wildman–Crippen LogP) is 2.84. The summed E-state index contributed by atoms with van der Waals surface area (Å²) in [6, 6.07) is 4.19. The van der Waals surface area contributed by atoms with Gasteiger partial charge in [0.15, 0.2) is 0 Å². The normalized spacial score (nSPS) is 20.0. The third-order valence-corrected chi connectivity index (χ3v) is 6.12. The zero-order valence-electron chi connectivity index (χ0n) is 15.9. The third kappa shape index (κ3) is 3.63. The van der Waals surface area contributed by atoms with Gasteiger partial charge in [-0.15, -0.1) is 0 Å². The molecule has 0 N–H and O–H groups in total. The van der Waals surface area contributed by atoms with Gasteiger partial charge in [-0.3, -0.25) is 4.79 Å². The van der Waals surface area contributed by atoms with Crippen molar-refractivity contribution in [3.8, 4) is 0 Å². The third-order valence-electron chi connectivity index (χ3n) is 6.12. The van der Waals surface area contributed by atoms with E-state index in [9.17, 15) is 4.79 Å². The summed E-state index contributed by atoms with van der Waals surface area (Å²) < 4.78 is 2.12. The summed E-state index contributed by atoms with van der Waals surface area (Å²) in [5, 5.41) is 1.27. The van der Waals surface area contributed by atoms with Crippen molar-refractivity contribution >= 4 is 16.9 Å². The number of aryl methyl sites for hydroxylation is 1. The van der Waals surface area contributed by atoms with Crippen molar-refractivity contribution in [1.82, 2.24) is 19.4 Å². The van der Waals surface area contributed by atoms with E-state index in [2.05, 4.69) is 38.7 Å². The molecule has 0 bridgehead atoms. The topological polar surface area (TPSA) is 41.4 Å². The second kappa shape index (κ2) is 7.78. The van der Waals surface area contributed by atoms with Crippen molar-refractivity contribution in [2.45, 2.75) is 38.5 Å². The number of amides is 1. The van der Waals surface area contributed by atoms with Crippen molar-refractivity contribution < 1.29 is 4.79 Å². The average molecular weight is 354 g/mol. The molecule has 4 rings (SSSR count). The lowest BCUT2D eigenvalue weighted by Crippen LogP contribution is -2.44. The zero-order chi connectivity index (χ0) is 17.9. The first kappa shape index (κ1) is 17.5. The van der Waals surface area contributed by atoms with E-state index in [1.165, 1.54) is 30.2 Å². The van der Waals surface area contributed by atoms with Crippen molar-refractivity contribution in [2.24, 2.45) is 13.0 Å². The molecule has 140 valence electrons. The van der Waals surface area contributed by atoms with Gasteiger partial charge in [0, 0.05) is 50.4 Å². The van der Waals surface area contributed by atoms with Gasteiger partial charge in [0.25, 0.3) is 0 Å². The number of hydrogen-bond acceptors (Lipinski definition) is 3. The number of rotatable bonds is 4. The van der Waals surface area contributed by atoms with Gasteiger partial charge in [-0.25, -0.2) is 4.98 Å². The lowest BCUT2D eigenvalue weighted by atomic mass is 9.94.